The average molecular weight is 1070 g/mol. The zero-order chi connectivity index (χ0) is 42.9. The number of benzene rings is 2. The summed E-state index contributed by atoms with van der Waals surface area (Å²) in [5, 5.41) is 26.9. The number of amides is 2. The number of methoxy groups -OCH3 is 2. The van der Waals surface area contributed by atoms with E-state index in [4.69, 9.17) is 29.3 Å². The molecule has 0 bridgehead atoms. The predicted molar refractivity (Wildman–Crippen MR) is 212 cm³/mol. The fraction of sp³-hybridized carbons (Fsp3) is 0.412. The molecule has 2 aromatic carbocycles. The van der Waals surface area contributed by atoms with E-state index in [9.17, 15) is 35.9 Å². The van der Waals surface area contributed by atoms with E-state index in [0.29, 0.717) is 13.1 Å². The van der Waals surface area contributed by atoms with Crippen molar-refractivity contribution in [1.82, 2.24) is 21.3 Å². The van der Waals surface area contributed by atoms with Crippen molar-refractivity contribution in [3.05, 3.63) is 65.4 Å². The van der Waals surface area contributed by atoms with Crippen molar-refractivity contribution in [3.63, 3.8) is 0 Å². The smallest absolute Gasteiger partial charge is 0.490 e. The van der Waals surface area contributed by atoms with Gasteiger partial charge in [0.15, 0.2) is 0 Å². The Bertz CT molecular complexity index is 1470. The Morgan fingerprint density at radius 3 is 1.09 bits per heavy atom. The summed E-state index contributed by atoms with van der Waals surface area (Å²) in [6.07, 6.45) is 0.342. The standard InChI is InChI=1S/C30H38Br4N4O4.2C2HF3O2/c1-41-29-23(31)17-21(18-24(29)32)7-9-27(39)37-15-5-13-35-11-3-4-12-36-14-6-16-38-28(40)10-8-22-19-25(33)30(42-2)26(34)20-22;2*3-2(4,5)1(6)7/h7-10,17-20,35-36H,3-6,11-16H2,1-2H3,(H,37,39)(H,38,40);2*(H,6,7)/b9-7+,10-8+;;. The van der Waals surface area contributed by atoms with Gasteiger partial charge in [-0.1, -0.05) is 0 Å². The van der Waals surface area contributed by atoms with Gasteiger partial charge in [-0.25, -0.2) is 9.59 Å². The number of hydrogen-bond donors (Lipinski definition) is 6. The number of hydrogen-bond acceptors (Lipinski definition) is 8. The van der Waals surface area contributed by atoms with E-state index in [2.05, 4.69) is 85.0 Å². The van der Waals surface area contributed by atoms with Crippen molar-refractivity contribution in [3.8, 4) is 11.5 Å². The molecule has 22 heteroatoms. The Kier molecular flexibility index (Phi) is 26.7. The SMILES string of the molecule is COc1c(Br)cc(/C=C/C(=O)NCCCNCCCCNCCCNC(=O)/C=C/c2cc(Br)c(OC)c(Br)c2)cc1Br.O=C(O)C(F)(F)F.O=C(O)C(F)(F)F. The first kappa shape index (κ1) is 52.8. The van der Waals surface area contributed by atoms with Crippen molar-refractivity contribution in [1.29, 1.82) is 0 Å². The van der Waals surface area contributed by atoms with Gasteiger partial charge in [0.1, 0.15) is 11.5 Å². The number of alkyl halides is 6. The van der Waals surface area contributed by atoms with Gasteiger partial charge in [0.2, 0.25) is 11.8 Å². The summed E-state index contributed by atoms with van der Waals surface area (Å²) in [4.78, 5) is 41.9. The second-order valence-electron chi connectivity index (χ2n) is 10.8. The van der Waals surface area contributed by atoms with E-state index in [1.165, 1.54) is 12.2 Å². The number of aliphatic carboxylic acids is 2. The molecule has 0 aliphatic rings. The maximum absolute atomic E-state index is 12.1. The second-order valence-corrected chi connectivity index (χ2v) is 14.2. The summed E-state index contributed by atoms with van der Waals surface area (Å²) >= 11 is 13.9. The molecule has 314 valence electrons. The Hall–Kier alpha value is -3.18. The van der Waals surface area contributed by atoms with Crippen molar-refractivity contribution in [2.75, 3.05) is 53.5 Å². The van der Waals surface area contributed by atoms with Gasteiger partial charge < -0.3 is 41.0 Å². The minimum Gasteiger partial charge on any atom is -0.494 e. The van der Waals surface area contributed by atoms with Crippen LogP contribution in [0, 0.1) is 0 Å². The minimum absolute atomic E-state index is 0.115. The molecule has 2 aromatic rings. The topological polar surface area (TPSA) is 175 Å². The number of carbonyl (C=O) groups excluding carboxylic acids is 2. The molecular weight excluding hydrogens is 1030 g/mol. The molecule has 0 aliphatic carbocycles. The number of carbonyl (C=O) groups is 4. The fourth-order valence-corrected chi connectivity index (χ4v) is 6.89. The molecule has 12 nitrogen and oxygen atoms in total. The highest BCUT2D eigenvalue weighted by Gasteiger charge is 2.38. The lowest BCUT2D eigenvalue weighted by Gasteiger charge is -2.08. The van der Waals surface area contributed by atoms with Crippen LogP contribution in [0.2, 0.25) is 0 Å². The molecule has 0 unspecified atom stereocenters. The maximum atomic E-state index is 12.1. The summed E-state index contributed by atoms with van der Waals surface area (Å²) in [5.74, 6) is -4.31. The molecule has 0 aliphatic heterocycles. The first-order chi connectivity index (χ1) is 26.1. The summed E-state index contributed by atoms with van der Waals surface area (Å²) in [5.41, 5.74) is 1.79. The normalized spacial score (nSPS) is 11.3. The van der Waals surface area contributed by atoms with Crippen LogP contribution in [0.4, 0.5) is 26.3 Å². The Morgan fingerprint density at radius 2 is 0.839 bits per heavy atom. The van der Waals surface area contributed by atoms with Crippen LogP contribution >= 0.6 is 63.7 Å². The first-order valence-corrected chi connectivity index (χ1v) is 19.3. The number of rotatable bonds is 19. The summed E-state index contributed by atoms with van der Waals surface area (Å²) in [6.45, 7) is 4.85. The molecule has 6 N–H and O–H groups in total. The number of carboxylic acids is 2. The Labute approximate surface area is 352 Å². The number of nitrogens with one attached hydrogen (secondary N) is 4. The molecule has 0 fully saturated rings. The monoisotopic (exact) mass is 1060 g/mol. The summed E-state index contributed by atoms with van der Waals surface area (Å²) < 4.78 is 77.3. The molecule has 2 rings (SSSR count). The van der Waals surface area contributed by atoms with Crippen LogP contribution in [-0.4, -0.2) is 99.8 Å². The molecule has 56 heavy (non-hydrogen) atoms. The van der Waals surface area contributed by atoms with E-state index < -0.39 is 24.3 Å². The van der Waals surface area contributed by atoms with Gasteiger partial charge in [0, 0.05) is 25.2 Å². The van der Waals surface area contributed by atoms with Crippen LogP contribution in [0.3, 0.4) is 0 Å². The van der Waals surface area contributed by atoms with E-state index in [1.807, 2.05) is 24.3 Å². The number of halogens is 10. The van der Waals surface area contributed by atoms with E-state index in [-0.39, 0.29) is 11.8 Å². The lowest BCUT2D eigenvalue weighted by molar-refractivity contribution is -0.193. The van der Waals surface area contributed by atoms with Gasteiger partial charge in [-0.05, 0) is 163 Å². The van der Waals surface area contributed by atoms with Gasteiger partial charge in [0.05, 0.1) is 32.1 Å². The second kappa shape index (κ2) is 28.3. The third-order valence-corrected chi connectivity index (χ3v) is 8.76. The Morgan fingerprint density at radius 1 is 0.571 bits per heavy atom. The summed E-state index contributed by atoms with van der Waals surface area (Å²) in [6, 6.07) is 7.60. The molecule has 2 amide bonds. The number of ether oxygens (including phenoxy) is 2. The third kappa shape index (κ3) is 24.5. The number of unbranched alkanes of at least 4 members (excludes halogenated alkanes) is 1. The highest BCUT2D eigenvalue weighted by atomic mass is 79.9. The molecule has 0 spiro atoms. The van der Waals surface area contributed by atoms with Crippen LogP contribution in [0.15, 0.2) is 54.3 Å². The van der Waals surface area contributed by atoms with Crippen molar-refractivity contribution >= 4 is 99.6 Å². The van der Waals surface area contributed by atoms with Gasteiger partial charge >= 0.3 is 24.3 Å². The van der Waals surface area contributed by atoms with Crippen LogP contribution in [0.25, 0.3) is 12.2 Å². The van der Waals surface area contributed by atoms with Crippen LogP contribution < -0.4 is 30.7 Å². The lowest BCUT2D eigenvalue weighted by Crippen LogP contribution is -2.27. The molecule has 0 radical (unpaired) electrons. The average Bonchev–Trinajstić information content (AvgIpc) is 3.09. The quantitative estimate of drug-likeness (QED) is 0.0465. The van der Waals surface area contributed by atoms with Crippen molar-refractivity contribution in [2.24, 2.45) is 0 Å². The zero-order valence-corrected chi connectivity index (χ0v) is 36.2. The first-order valence-electron chi connectivity index (χ1n) is 16.1. The van der Waals surface area contributed by atoms with Gasteiger partial charge in [-0.15, -0.1) is 0 Å². The highest BCUT2D eigenvalue weighted by Crippen LogP contribution is 2.35. The predicted octanol–water partition coefficient (Wildman–Crippen LogP) is 7.72. The molecule has 0 aromatic heterocycles. The summed E-state index contributed by atoms with van der Waals surface area (Å²) in [7, 11) is 3.22. The van der Waals surface area contributed by atoms with E-state index in [0.717, 1.165) is 92.4 Å². The van der Waals surface area contributed by atoms with Gasteiger partial charge in [-0.2, -0.15) is 26.3 Å². The lowest BCUT2D eigenvalue weighted by atomic mass is 10.2. The minimum atomic E-state index is -5.08. The fourth-order valence-electron chi connectivity index (χ4n) is 3.80. The van der Waals surface area contributed by atoms with E-state index >= 15 is 0 Å². The van der Waals surface area contributed by atoms with E-state index in [1.54, 1.807) is 26.4 Å². The molecule has 0 heterocycles. The van der Waals surface area contributed by atoms with Crippen molar-refractivity contribution < 1.29 is 65.2 Å². The molecular formula is C34H40Br4F6N4O8. The maximum Gasteiger partial charge on any atom is 0.490 e. The zero-order valence-electron chi connectivity index (χ0n) is 29.8. The van der Waals surface area contributed by atoms with Gasteiger partial charge in [-0.3, -0.25) is 9.59 Å². The third-order valence-electron chi connectivity index (χ3n) is 6.41. The molecule has 0 saturated carbocycles. The van der Waals surface area contributed by atoms with Gasteiger partial charge in [0.25, 0.3) is 0 Å². The van der Waals surface area contributed by atoms with Crippen LogP contribution in [0.1, 0.15) is 36.8 Å². The molecule has 0 saturated heterocycles. The van der Waals surface area contributed by atoms with Crippen molar-refractivity contribution in [2.45, 2.75) is 38.0 Å². The largest absolute Gasteiger partial charge is 0.494 e. The van der Waals surface area contributed by atoms with Crippen LogP contribution in [-0.2, 0) is 19.2 Å². The number of carboxylic acid groups (broad SMARTS) is 2. The highest BCUT2D eigenvalue weighted by molar-refractivity contribution is 9.11. The Balaban J connectivity index is 0.00000182. The van der Waals surface area contributed by atoms with Crippen LogP contribution in [0.5, 0.6) is 11.5 Å². The molecule has 0 atom stereocenters.